The fraction of sp³-hybridized carbons (Fsp3) is 0.925. The summed E-state index contributed by atoms with van der Waals surface area (Å²) in [5.41, 5.74) is 0. The molecule has 63 heavy (non-hydrogen) atoms. The van der Waals surface area contributed by atoms with E-state index in [1.165, 1.54) is 167 Å². The molecular formula is C53H106ClNO8. The molecule has 0 spiro atoms. The molecule has 0 aliphatic heterocycles. The Labute approximate surface area is 397 Å². The Kier molecular flexibility index (Phi) is 55.3. The van der Waals surface area contributed by atoms with E-state index in [1.54, 1.807) is 0 Å². The van der Waals surface area contributed by atoms with E-state index in [0.717, 1.165) is 56.5 Å². The second kappa shape index (κ2) is 54.0. The largest absolute Gasteiger partial charge is 1.00 e. The third-order valence-corrected chi connectivity index (χ3v) is 11.5. The molecule has 10 heteroatoms. The van der Waals surface area contributed by atoms with Gasteiger partial charge in [-0.3, -0.25) is 0 Å². The number of halogens is 1. The third kappa shape index (κ3) is 52.2. The van der Waals surface area contributed by atoms with Crippen molar-refractivity contribution in [2.24, 2.45) is 0 Å². The van der Waals surface area contributed by atoms with Gasteiger partial charge in [-0.15, -0.1) is 0 Å². The van der Waals surface area contributed by atoms with Crippen LogP contribution in [0.4, 0.5) is 0 Å². The zero-order valence-corrected chi connectivity index (χ0v) is 42.8. The maximum Gasteiger partial charge on any atom is 0.158 e. The van der Waals surface area contributed by atoms with Gasteiger partial charge in [0, 0.05) is 26.1 Å². The zero-order valence-electron chi connectivity index (χ0n) is 42.0. The summed E-state index contributed by atoms with van der Waals surface area (Å²) >= 11 is 0. The van der Waals surface area contributed by atoms with Gasteiger partial charge in [0.15, 0.2) is 6.29 Å². The van der Waals surface area contributed by atoms with E-state index in [1.807, 2.05) is 0 Å². The number of aliphatic hydroxyl groups excluding tert-OH is 2. The van der Waals surface area contributed by atoms with Crippen molar-refractivity contribution >= 4 is 0 Å². The van der Waals surface area contributed by atoms with Crippen molar-refractivity contribution in [2.45, 2.75) is 219 Å². The van der Waals surface area contributed by atoms with Gasteiger partial charge in [0.25, 0.3) is 0 Å². The van der Waals surface area contributed by atoms with Crippen LogP contribution in [0.25, 0.3) is 0 Å². The highest BCUT2D eigenvalue weighted by molar-refractivity contribution is 4.82. The van der Waals surface area contributed by atoms with Crippen LogP contribution >= 0.6 is 0 Å². The van der Waals surface area contributed by atoms with Gasteiger partial charge in [-0.05, 0) is 64.2 Å². The highest BCUT2D eigenvalue weighted by atomic mass is 35.5. The summed E-state index contributed by atoms with van der Waals surface area (Å²) in [6, 6.07) is 0. The van der Waals surface area contributed by atoms with E-state index >= 15 is 0 Å². The lowest BCUT2D eigenvalue weighted by Gasteiger charge is -2.34. The number of rotatable bonds is 53. The Hall–Kier alpha value is -0.590. The molecule has 0 saturated heterocycles. The van der Waals surface area contributed by atoms with Crippen molar-refractivity contribution in [3.05, 3.63) is 24.3 Å². The van der Waals surface area contributed by atoms with Gasteiger partial charge in [0.05, 0.1) is 80.1 Å². The molecule has 0 fully saturated rings. The van der Waals surface area contributed by atoms with Crippen LogP contribution in [0.1, 0.15) is 206 Å². The number of hydrogen-bond acceptors (Lipinski definition) is 8. The summed E-state index contributed by atoms with van der Waals surface area (Å²) in [6.07, 6.45) is 47.8. The predicted molar refractivity (Wildman–Crippen MR) is 262 cm³/mol. The molecule has 0 amide bonds. The molecule has 0 rings (SSSR count). The molecule has 2 N–H and O–H groups in total. The Morgan fingerprint density at radius 2 is 0.810 bits per heavy atom. The van der Waals surface area contributed by atoms with Gasteiger partial charge >= 0.3 is 0 Å². The molecular weight excluding hydrogens is 814 g/mol. The number of hydrogen-bond donors (Lipinski definition) is 2. The van der Waals surface area contributed by atoms with E-state index in [-0.39, 0.29) is 38.0 Å². The molecule has 378 valence electrons. The normalized spacial score (nSPS) is 12.7. The second-order valence-electron chi connectivity index (χ2n) is 18.3. The van der Waals surface area contributed by atoms with Crippen molar-refractivity contribution in [2.75, 3.05) is 99.9 Å². The van der Waals surface area contributed by atoms with Crippen molar-refractivity contribution in [3.8, 4) is 0 Å². The quantitative estimate of drug-likeness (QED) is 0.0270. The number of likely N-dealkylation sites (N-methyl/N-ethyl adjacent to an activating group) is 1. The maximum atomic E-state index is 8.99. The highest BCUT2D eigenvalue weighted by Gasteiger charge is 2.24. The molecule has 0 heterocycles. The summed E-state index contributed by atoms with van der Waals surface area (Å²) in [5, 5.41) is 18.0. The van der Waals surface area contributed by atoms with Gasteiger partial charge in [-0.25, -0.2) is 0 Å². The summed E-state index contributed by atoms with van der Waals surface area (Å²) in [5.74, 6) is 0. The SMILES string of the molecule is CCCCCCCC/C=C\CCCCCCCCOCC(C[N+](C)(C)CCCC(OCCOCCO)OCCOCCO)OCCCCCCCC/C=C\CCCCCCCC.[Cl-]. The van der Waals surface area contributed by atoms with Crippen LogP contribution in [0.5, 0.6) is 0 Å². The van der Waals surface area contributed by atoms with E-state index in [9.17, 15) is 0 Å². The minimum atomic E-state index is -0.358. The third-order valence-electron chi connectivity index (χ3n) is 11.5. The first-order valence-electron chi connectivity index (χ1n) is 26.4. The molecule has 0 aromatic rings. The van der Waals surface area contributed by atoms with Gasteiger partial charge in [0.1, 0.15) is 12.6 Å². The molecule has 0 saturated carbocycles. The highest BCUT2D eigenvalue weighted by Crippen LogP contribution is 2.15. The number of ether oxygens (including phenoxy) is 6. The molecule has 0 aromatic heterocycles. The fourth-order valence-corrected chi connectivity index (χ4v) is 7.77. The first kappa shape index (κ1) is 64.5. The number of allylic oxidation sites excluding steroid dienone is 4. The van der Waals surface area contributed by atoms with Gasteiger partial charge in [-0.2, -0.15) is 0 Å². The Bertz CT molecular complexity index is 896. The van der Waals surface area contributed by atoms with Crippen LogP contribution in [-0.4, -0.2) is 127 Å². The van der Waals surface area contributed by atoms with Crippen molar-refractivity contribution < 1.29 is 55.5 Å². The molecule has 1 atom stereocenters. The van der Waals surface area contributed by atoms with Crippen LogP contribution in [-0.2, 0) is 28.4 Å². The Morgan fingerprint density at radius 1 is 0.413 bits per heavy atom. The lowest BCUT2D eigenvalue weighted by atomic mass is 10.1. The van der Waals surface area contributed by atoms with Crippen LogP contribution in [0.15, 0.2) is 24.3 Å². The van der Waals surface area contributed by atoms with E-state index in [4.69, 9.17) is 38.6 Å². The summed E-state index contributed by atoms with van der Waals surface area (Å²) in [4.78, 5) is 0. The van der Waals surface area contributed by atoms with Crippen molar-refractivity contribution in [1.82, 2.24) is 0 Å². The van der Waals surface area contributed by atoms with Crippen LogP contribution in [0.3, 0.4) is 0 Å². The molecule has 0 aliphatic rings. The number of quaternary nitrogens is 1. The van der Waals surface area contributed by atoms with E-state index in [2.05, 4.69) is 52.2 Å². The Balaban J connectivity index is 0. The topological polar surface area (TPSA) is 95.8 Å². The maximum absolute atomic E-state index is 8.99. The minimum absolute atomic E-state index is 0. The van der Waals surface area contributed by atoms with E-state index in [0.29, 0.717) is 46.2 Å². The molecule has 9 nitrogen and oxygen atoms in total. The first-order chi connectivity index (χ1) is 30.5. The molecule has 0 bridgehead atoms. The average Bonchev–Trinajstić information content (AvgIpc) is 3.26. The first-order valence-corrected chi connectivity index (χ1v) is 26.4. The second-order valence-corrected chi connectivity index (χ2v) is 18.3. The number of nitrogens with zero attached hydrogens (tertiary/aromatic N) is 1. The van der Waals surface area contributed by atoms with Gasteiger partial charge in [-0.1, -0.05) is 154 Å². The predicted octanol–water partition coefficient (Wildman–Crippen LogP) is 9.70. The summed E-state index contributed by atoms with van der Waals surface area (Å²) in [6.45, 7) is 10.9. The van der Waals surface area contributed by atoms with Gasteiger partial charge < -0.3 is 55.5 Å². The fourth-order valence-electron chi connectivity index (χ4n) is 7.77. The minimum Gasteiger partial charge on any atom is -1.00 e. The zero-order chi connectivity index (χ0) is 45.1. The monoisotopic (exact) mass is 920 g/mol. The summed E-state index contributed by atoms with van der Waals surface area (Å²) < 4.78 is 36.4. The van der Waals surface area contributed by atoms with Gasteiger partial charge in [0.2, 0.25) is 0 Å². The van der Waals surface area contributed by atoms with Crippen LogP contribution in [0.2, 0.25) is 0 Å². The standard InChI is InChI=1S/C53H106NO8.ClH/c1-5-7-9-11-13-15-17-19-21-23-25-27-29-31-33-35-42-59-51-52(60-43-36-34-32-30-28-26-24-22-20-18-16-14-12-10-8-6-2)50-54(3,4)39-37-38-53(61-48-46-57-44-40-55)62-49-47-58-45-41-56;/h19-22,52-53,55-56H,5-18,23-51H2,1-4H3;1H/q+1;/p-1/b21-19-,22-20-;. The van der Waals surface area contributed by atoms with E-state index < -0.39 is 0 Å². The molecule has 1 unspecified atom stereocenters. The summed E-state index contributed by atoms with van der Waals surface area (Å²) in [7, 11) is 4.57. The van der Waals surface area contributed by atoms with Crippen LogP contribution in [0, 0.1) is 0 Å². The lowest BCUT2D eigenvalue weighted by molar-refractivity contribution is -0.893. The molecule has 0 aromatic carbocycles. The van der Waals surface area contributed by atoms with Crippen LogP contribution < -0.4 is 12.4 Å². The number of aliphatic hydroxyl groups is 2. The number of unbranched alkanes of at least 4 members (excludes halogenated alkanes) is 24. The van der Waals surface area contributed by atoms with Crippen molar-refractivity contribution in [3.63, 3.8) is 0 Å². The van der Waals surface area contributed by atoms with Crippen molar-refractivity contribution in [1.29, 1.82) is 0 Å². The molecule has 0 radical (unpaired) electrons. The Morgan fingerprint density at radius 3 is 1.24 bits per heavy atom. The average molecular weight is 921 g/mol. The lowest BCUT2D eigenvalue weighted by Crippen LogP contribution is -3.00. The smallest absolute Gasteiger partial charge is 0.158 e. The molecule has 0 aliphatic carbocycles.